The minimum absolute atomic E-state index is 0.577. The predicted octanol–water partition coefficient (Wildman–Crippen LogP) is 5.70. The molecule has 0 atom stereocenters. The van der Waals surface area contributed by atoms with Crippen LogP contribution in [-0.4, -0.2) is 230 Å². The highest BCUT2D eigenvalue weighted by atomic mass is 16.5. The number of nitrogens with one attached hydrogen (secondary N) is 8. The van der Waals surface area contributed by atoms with Crippen LogP contribution in [0.25, 0.3) is 0 Å². The summed E-state index contributed by atoms with van der Waals surface area (Å²) in [6, 6.07) is 35.5. The van der Waals surface area contributed by atoms with Gasteiger partial charge in [-0.25, -0.2) is 0 Å². The lowest BCUT2D eigenvalue weighted by molar-refractivity contribution is 0.0145. The van der Waals surface area contributed by atoms with Crippen LogP contribution in [0.3, 0.4) is 0 Å². The van der Waals surface area contributed by atoms with Gasteiger partial charge in [-0.1, -0.05) is 48.5 Å². The third-order valence-corrected chi connectivity index (χ3v) is 14.8. The van der Waals surface area contributed by atoms with Crippen molar-refractivity contribution >= 4 is 22.7 Å². The van der Waals surface area contributed by atoms with E-state index < -0.39 is 0 Å². The van der Waals surface area contributed by atoms with E-state index in [9.17, 15) is 0 Å². The molecule has 0 aromatic heterocycles. The van der Waals surface area contributed by atoms with Gasteiger partial charge in [0.2, 0.25) is 0 Å². The molecule has 0 aliphatic carbocycles. The third kappa shape index (κ3) is 29.4. The van der Waals surface area contributed by atoms with Crippen molar-refractivity contribution < 1.29 is 28.4 Å². The molecule has 0 amide bonds. The second kappa shape index (κ2) is 42.3. The fraction of sp³-hybridized carbons (Fsp3) is 0.625. The Morgan fingerprint density at radius 3 is 0.671 bits per heavy atom. The number of rotatable bonds is 0. The molecule has 12 bridgehead atoms. The van der Waals surface area contributed by atoms with E-state index in [2.05, 4.69) is 159 Å². The van der Waals surface area contributed by atoms with E-state index in [1.54, 1.807) is 0 Å². The summed E-state index contributed by atoms with van der Waals surface area (Å²) >= 11 is 0. The standard InChI is InChI=1S/C64H104N12O6/c1-9-57-49-61(13-1)69-17-5-37-77-41-45-81-46-42-78-38-6-18-71-63-15-3-11-59(51-63)55-75-33-25-67-27-35-76(36-28-68-26-34-75)56-60-12-4-16-64(52-60)72-20-8-40-80-44-48-82-47-43-79-39-7-19-70-62-14-2-10-58(50-62)54-74-31-23-65-21-29-73(53-57)30-22-66-24-32-74/h1-4,9-16,49-52,65-72H,5-8,17-48,53-56H2. The first-order chi connectivity index (χ1) is 40.7. The molecule has 6 heterocycles. The lowest BCUT2D eigenvalue weighted by Crippen LogP contribution is -2.42. The van der Waals surface area contributed by atoms with Gasteiger partial charge in [0, 0.05) is 206 Å². The molecule has 8 N–H and O–H groups in total. The number of anilines is 4. The van der Waals surface area contributed by atoms with E-state index in [0.717, 1.165) is 206 Å². The van der Waals surface area contributed by atoms with Crippen LogP contribution in [0.4, 0.5) is 22.7 Å². The quantitative estimate of drug-likeness (QED) is 0.108. The first kappa shape index (κ1) is 65.1. The molecule has 0 radical (unpaired) electrons. The smallest absolute Gasteiger partial charge is 0.0701 e. The lowest BCUT2D eigenvalue weighted by atomic mass is 10.1. The Morgan fingerprint density at radius 2 is 0.451 bits per heavy atom. The summed E-state index contributed by atoms with van der Waals surface area (Å²) in [4.78, 5) is 10.2. The van der Waals surface area contributed by atoms with Gasteiger partial charge in [0.1, 0.15) is 0 Å². The van der Waals surface area contributed by atoms with Crippen molar-refractivity contribution in [2.45, 2.75) is 51.9 Å². The van der Waals surface area contributed by atoms with Gasteiger partial charge in [-0.3, -0.25) is 19.6 Å². The molecule has 2 saturated heterocycles. The molecular formula is C64H104N12O6. The van der Waals surface area contributed by atoms with Crippen molar-refractivity contribution in [3.63, 3.8) is 0 Å². The van der Waals surface area contributed by atoms with Gasteiger partial charge >= 0.3 is 0 Å². The van der Waals surface area contributed by atoms with Crippen LogP contribution in [0.2, 0.25) is 0 Å². The summed E-state index contributed by atoms with van der Waals surface area (Å²) in [6.45, 7) is 30.5. The Labute approximate surface area is 492 Å². The van der Waals surface area contributed by atoms with Crippen LogP contribution < -0.4 is 42.5 Å². The van der Waals surface area contributed by atoms with Crippen LogP contribution in [0, 0.1) is 0 Å². The minimum Gasteiger partial charge on any atom is -0.385 e. The zero-order valence-corrected chi connectivity index (χ0v) is 49.8. The number of benzene rings is 4. The molecule has 6 aliphatic rings. The molecule has 6 aliphatic heterocycles. The molecule has 4 aromatic rings. The summed E-state index contributed by atoms with van der Waals surface area (Å²) in [5.74, 6) is 0. The van der Waals surface area contributed by atoms with Gasteiger partial charge in [-0.2, -0.15) is 0 Å². The molecule has 18 heteroatoms. The van der Waals surface area contributed by atoms with Crippen molar-refractivity contribution in [1.82, 2.24) is 40.9 Å². The normalized spacial score (nSPS) is 24.0. The van der Waals surface area contributed by atoms with E-state index in [-0.39, 0.29) is 0 Å². The van der Waals surface area contributed by atoms with Crippen molar-refractivity contribution in [1.29, 1.82) is 0 Å². The summed E-state index contributed by atoms with van der Waals surface area (Å²) in [5, 5.41) is 29.4. The largest absolute Gasteiger partial charge is 0.385 e. The Hall–Kier alpha value is -4.48. The maximum Gasteiger partial charge on any atom is 0.0701 e. The molecule has 10 rings (SSSR count). The highest BCUT2D eigenvalue weighted by Crippen LogP contribution is 2.17. The van der Waals surface area contributed by atoms with Gasteiger partial charge < -0.3 is 71.0 Å². The highest BCUT2D eigenvalue weighted by Gasteiger charge is 2.14. The van der Waals surface area contributed by atoms with Gasteiger partial charge in [0.15, 0.2) is 0 Å². The SMILES string of the molecule is c1cc2cc(c1)NCCCOCCOCCOCCCNc1cccc(c1)CN1CCNCCN(CCNCC1)Cc1cccc(c1)NCCCOCCOCCOCCCNc1cccc(c1)CN1CCNCCN(CCNCC1)C2. The predicted molar refractivity (Wildman–Crippen MR) is 336 cm³/mol. The molecular weight excluding hydrogens is 1030 g/mol. The zero-order valence-electron chi connectivity index (χ0n) is 49.8. The number of ether oxygens (including phenoxy) is 6. The molecule has 2 fully saturated rings. The lowest BCUT2D eigenvalue weighted by Gasteiger charge is -2.27. The Balaban J connectivity index is 0.811. The molecule has 0 unspecified atom stereocenters. The van der Waals surface area contributed by atoms with E-state index in [1.165, 1.54) is 22.3 Å². The van der Waals surface area contributed by atoms with Crippen molar-refractivity contribution in [2.24, 2.45) is 0 Å². The average Bonchev–Trinajstić information content (AvgIpc) is 3.51. The van der Waals surface area contributed by atoms with Crippen LogP contribution in [0.15, 0.2) is 97.1 Å². The first-order valence-electron chi connectivity index (χ1n) is 31.2. The molecule has 18 nitrogen and oxygen atoms in total. The van der Waals surface area contributed by atoms with Crippen LogP contribution >= 0.6 is 0 Å². The maximum atomic E-state index is 5.88. The summed E-state index contributed by atoms with van der Waals surface area (Å²) in [7, 11) is 0. The van der Waals surface area contributed by atoms with E-state index in [0.29, 0.717) is 79.3 Å². The van der Waals surface area contributed by atoms with Crippen LogP contribution in [0.5, 0.6) is 0 Å². The molecule has 4 aromatic carbocycles. The average molecular weight is 1140 g/mol. The van der Waals surface area contributed by atoms with Gasteiger partial charge in [-0.05, 0) is 96.5 Å². The minimum atomic E-state index is 0.577. The second-order valence-corrected chi connectivity index (χ2v) is 21.7. The van der Waals surface area contributed by atoms with Gasteiger partial charge in [0.25, 0.3) is 0 Å². The number of hydrogen-bond acceptors (Lipinski definition) is 18. The zero-order chi connectivity index (χ0) is 56.4. The summed E-state index contributed by atoms with van der Waals surface area (Å²) < 4.78 is 35.1. The fourth-order valence-electron chi connectivity index (χ4n) is 10.3. The molecule has 456 valence electrons. The number of nitrogens with zero attached hydrogens (tertiary/aromatic N) is 4. The van der Waals surface area contributed by atoms with Gasteiger partial charge in [0.05, 0.1) is 52.9 Å². The van der Waals surface area contributed by atoms with Gasteiger partial charge in [-0.15, -0.1) is 0 Å². The first-order valence-corrected chi connectivity index (χ1v) is 31.2. The summed E-state index contributed by atoms with van der Waals surface area (Å²) in [5.41, 5.74) is 9.97. The highest BCUT2D eigenvalue weighted by molar-refractivity contribution is 5.48. The molecule has 82 heavy (non-hydrogen) atoms. The number of hydrogen-bond donors (Lipinski definition) is 8. The van der Waals surface area contributed by atoms with E-state index in [1.807, 2.05) is 0 Å². The Bertz CT molecular complexity index is 1910. The van der Waals surface area contributed by atoms with Crippen LogP contribution in [0.1, 0.15) is 47.9 Å². The van der Waals surface area contributed by atoms with Crippen molar-refractivity contribution in [3.8, 4) is 0 Å². The topological polar surface area (TPSA) is 165 Å². The maximum absolute atomic E-state index is 5.88. The van der Waals surface area contributed by atoms with E-state index >= 15 is 0 Å². The Kier molecular flexibility index (Phi) is 33.6. The second-order valence-electron chi connectivity index (χ2n) is 21.7. The van der Waals surface area contributed by atoms with Crippen molar-refractivity contribution in [3.05, 3.63) is 119 Å². The molecule has 0 spiro atoms. The fourth-order valence-corrected chi connectivity index (χ4v) is 10.3. The van der Waals surface area contributed by atoms with E-state index in [4.69, 9.17) is 28.4 Å². The molecule has 0 saturated carbocycles. The van der Waals surface area contributed by atoms with Crippen molar-refractivity contribution in [2.75, 3.05) is 231 Å². The van der Waals surface area contributed by atoms with Crippen LogP contribution in [-0.2, 0) is 54.6 Å². The Morgan fingerprint density at radius 1 is 0.244 bits per heavy atom. The summed E-state index contributed by atoms with van der Waals surface area (Å²) in [6.07, 6.45) is 3.74. The monoisotopic (exact) mass is 1140 g/mol. The third-order valence-electron chi connectivity index (χ3n) is 14.8.